The van der Waals surface area contributed by atoms with Gasteiger partial charge in [-0.3, -0.25) is 13.8 Å². The second kappa shape index (κ2) is 49.1. The minimum atomic E-state index is -4.42. The van der Waals surface area contributed by atoms with Gasteiger partial charge in [0.05, 0.1) is 37.9 Å². The van der Waals surface area contributed by atoms with Gasteiger partial charge in [-0.25, -0.2) is 4.57 Å². The highest BCUT2D eigenvalue weighted by molar-refractivity contribution is 7.47. The number of aliphatic hydroxyl groups is 2. The molecule has 4 atom stereocenters. The summed E-state index contributed by atoms with van der Waals surface area (Å²) in [6.45, 7) is 3.95. The van der Waals surface area contributed by atoms with E-state index in [0.717, 1.165) is 70.6 Å². The van der Waals surface area contributed by atoms with Crippen molar-refractivity contribution in [3.8, 4) is 0 Å². The highest BCUT2D eigenvalue weighted by atomic mass is 31.2. The quantitative estimate of drug-likeness (QED) is 0.0230. The number of nitrogens with one attached hydrogen (secondary N) is 1. The summed E-state index contributed by atoms with van der Waals surface area (Å²) in [5.74, 6) is -0.467. The highest BCUT2D eigenvalue weighted by Gasteiger charge is 2.27. The van der Waals surface area contributed by atoms with Crippen LogP contribution in [0, 0.1) is 0 Å². The lowest BCUT2D eigenvalue weighted by Gasteiger charge is -2.24. The predicted octanol–water partition coefficient (Wildman–Crippen LogP) is 14.8. The number of unbranched alkanes of at least 4 members (excludes halogenated alkanes) is 27. The standard InChI is InChI=1S/C54H101N2O7P/c1-3-5-7-9-11-13-15-17-19-21-23-25-27-29-31-33-35-37-39-41-43-45-51(57)49-54(59)56-52(50-63-64(60,61)62-48-47-55)53(58)46-44-42-40-38-36-34-32-30-28-26-24-22-20-18-16-14-12-10-8-6-4-2/h23,25,28-31,36,38,44,46,51-53,57-58H,3-22,24,26-27,32-35,37,39-43,45,47-50,55H2,1-2H3,(H,56,59)(H,60,61)/b25-23-,30-28+,31-29-,38-36+,46-44+. The Bertz CT molecular complexity index is 1210. The van der Waals surface area contributed by atoms with Crippen LogP contribution < -0.4 is 11.1 Å². The molecule has 0 fully saturated rings. The van der Waals surface area contributed by atoms with Gasteiger partial charge in [0.25, 0.3) is 0 Å². The Morgan fingerprint density at radius 1 is 0.547 bits per heavy atom. The minimum Gasteiger partial charge on any atom is -0.393 e. The molecule has 0 aromatic carbocycles. The van der Waals surface area contributed by atoms with Crippen molar-refractivity contribution in [3.63, 3.8) is 0 Å². The number of aliphatic hydroxyl groups excluding tert-OH is 2. The zero-order chi connectivity index (χ0) is 46.9. The molecule has 0 aliphatic rings. The molecule has 0 saturated heterocycles. The smallest absolute Gasteiger partial charge is 0.393 e. The molecule has 0 saturated carbocycles. The van der Waals surface area contributed by atoms with Gasteiger partial charge in [-0.1, -0.05) is 216 Å². The molecule has 10 heteroatoms. The Morgan fingerprint density at radius 2 is 0.938 bits per heavy atom. The maximum absolute atomic E-state index is 12.9. The zero-order valence-electron chi connectivity index (χ0n) is 41.4. The monoisotopic (exact) mass is 921 g/mol. The third-order valence-electron chi connectivity index (χ3n) is 11.6. The number of phosphoric ester groups is 1. The third-order valence-corrected chi connectivity index (χ3v) is 12.6. The Balaban J connectivity index is 4.28. The molecular formula is C54H101N2O7P. The van der Waals surface area contributed by atoms with Gasteiger partial charge in [0.1, 0.15) is 0 Å². The minimum absolute atomic E-state index is 0.0386. The first kappa shape index (κ1) is 62.2. The average molecular weight is 921 g/mol. The van der Waals surface area contributed by atoms with Crippen molar-refractivity contribution in [2.75, 3.05) is 19.8 Å². The number of hydrogen-bond acceptors (Lipinski definition) is 7. The van der Waals surface area contributed by atoms with Gasteiger partial charge in [0.2, 0.25) is 5.91 Å². The van der Waals surface area contributed by atoms with Crippen molar-refractivity contribution in [2.45, 2.75) is 257 Å². The fraction of sp³-hybridized carbons (Fsp3) is 0.796. The van der Waals surface area contributed by atoms with Crippen LogP contribution >= 0.6 is 7.82 Å². The van der Waals surface area contributed by atoms with Crippen molar-refractivity contribution in [3.05, 3.63) is 60.8 Å². The van der Waals surface area contributed by atoms with E-state index in [4.69, 9.17) is 14.8 Å². The SMILES string of the molecule is CCCCCCCCCCC/C=C\C/C=C\CCCCCCCC(O)CC(=O)NC(COP(=O)(O)OCCN)C(O)/C=C/CC/C=C/CC/C=C/CCCCCCCCCCCCC. The van der Waals surface area contributed by atoms with Crippen LogP contribution in [0.1, 0.15) is 239 Å². The molecule has 1 amide bonds. The summed E-state index contributed by atoms with van der Waals surface area (Å²) in [7, 11) is -4.42. The number of amides is 1. The molecule has 0 aliphatic carbocycles. The number of carbonyl (C=O) groups excluding carboxylic acids is 1. The molecule has 9 nitrogen and oxygen atoms in total. The van der Waals surface area contributed by atoms with Crippen molar-refractivity contribution in [1.82, 2.24) is 5.32 Å². The summed E-state index contributed by atoms with van der Waals surface area (Å²) in [5.41, 5.74) is 5.38. The van der Waals surface area contributed by atoms with Crippen LogP contribution in [0.15, 0.2) is 60.8 Å². The lowest BCUT2D eigenvalue weighted by Crippen LogP contribution is -2.46. The molecule has 0 aliphatic heterocycles. The van der Waals surface area contributed by atoms with Crippen LogP contribution in [-0.2, 0) is 18.4 Å². The Hall–Kier alpha value is -1.84. The summed E-state index contributed by atoms with van der Waals surface area (Å²) in [5, 5.41) is 24.2. The van der Waals surface area contributed by atoms with Crippen LogP contribution in [0.3, 0.4) is 0 Å². The van der Waals surface area contributed by atoms with Gasteiger partial charge in [-0.2, -0.15) is 0 Å². The number of hydrogen-bond donors (Lipinski definition) is 5. The molecule has 0 spiro atoms. The summed E-state index contributed by atoms with van der Waals surface area (Å²) in [6.07, 6.45) is 60.4. The van der Waals surface area contributed by atoms with Crippen LogP contribution in [0.5, 0.6) is 0 Å². The first-order valence-electron chi connectivity index (χ1n) is 26.5. The maximum atomic E-state index is 12.9. The molecule has 0 bridgehead atoms. The van der Waals surface area contributed by atoms with Gasteiger partial charge in [0.15, 0.2) is 0 Å². The van der Waals surface area contributed by atoms with E-state index in [9.17, 15) is 24.5 Å². The summed E-state index contributed by atoms with van der Waals surface area (Å²) in [4.78, 5) is 22.9. The highest BCUT2D eigenvalue weighted by Crippen LogP contribution is 2.43. The normalized spacial score (nSPS) is 14.8. The summed E-state index contributed by atoms with van der Waals surface area (Å²) >= 11 is 0. The first-order valence-corrected chi connectivity index (χ1v) is 28.0. The van der Waals surface area contributed by atoms with Crippen molar-refractivity contribution in [1.29, 1.82) is 0 Å². The molecule has 64 heavy (non-hydrogen) atoms. The second-order valence-corrected chi connectivity index (χ2v) is 19.4. The van der Waals surface area contributed by atoms with Crippen LogP contribution in [0.2, 0.25) is 0 Å². The Kier molecular flexibility index (Phi) is 47.7. The van der Waals surface area contributed by atoms with E-state index < -0.39 is 38.6 Å². The number of phosphoric acid groups is 1. The van der Waals surface area contributed by atoms with Gasteiger partial charge >= 0.3 is 7.82 Å². The molecular weight excluding hydrogens is 820 g/mol. The summed E-state index contributed by atoms with van der Waals surface area (Å²) < 4.78 is 22.2. The molecule has 0 rings (SSSR count). The largest absolute Gasteiger partial charge is 0.472 e. The second-order valence-electron chi connectivity index (χ2n) is 17.9. The van der Waals surface area contributed by atoms with Crippen LogP contribution in [0.25, 0.3) is 0 Å². The fourth-order valence-corrected chi connectivity index (χ4v) is 8.35. The third kappa shape index (κ3) is 46.7. The van der Waals surface area contributed by atoms with Gasteiger partial charge in [-0.05, 0) is 77.0 Å². The van der Waals surface area contributed by atoms with E-state index in [1.807, 2.05) is 6.08 Å². The van der Waals surface area contributed by atoms with E-state index >= 15 is 0 Å². The fourth-order valence-electron chi connectivity index (χ4n) is 7.59. The van der Waals surface area contributed by atoms with Gasteiger partial charge in [-0.15, -0.1) is 0 Å². The van der Waals surface area contributed by atoms with Crippen molar-refractivity contribution < 1.29 is 33.5 Å². The van der Waals surface area contributed by atoms with E-state index in [1.54, 1.807) is 6.08 Å². The lowest BCUT2D eigenvalue weighted by molar-refractivity contribution is -0.124. The molecule has 4 unspecified atom stereocenters. The maximum Gasteiger partial charge on any atom is 0.472 e. The first-order chi connectivity index (χ1) is 31.3. The number of nitrogens with two attached hydrogens (primary N) is 1. The number of allylic oxidation sites excluding steroid dienone is 9. The average Bonchev–Trinajstić information content (AvgIpc) is 3.28. The van der Waals surface area contributed by atoms with Gasteiger partial charge < -0.3 is 26.2 Å². The lowest BCUT2D eigenvalue weighted by atomic mass is 10.0. The number of rotatable bonds is 49. The summed E-state index contributed by atoms with van der Waals surface area (Å²) in [6, 6.07) is -1.01. The molecule has 0 radical (unpaired) electrons. The van der Waals surface area contributed by atoms with E-state index in [0.29, 0.717) is 12.8 Å². The van der Waals surface area contributed by atoms with Crippen LogP contribution in [-0.4, -0.2) is 59.0 Å². The van der Waals surface area contributed by atoms with E-state index in [1.165, 1.54) is 135 Å². The predicted molar refractivity (Wildman–Crippen MR) is 273 cm³/mol. The number of carbonyl (C=O) groups is 1. The topological polar surface area (TPSA) is 151 Å². The van der Waals surface area contributed by atoms with Crippen molar-refractivity contribution in [2.24, 2.45) is 5.73 Å². The Morgan fingerprint density at radius 3 is 1.39 bits per heavy atom. The zero-order valence-corrected chi connectivity index (χ0v) is 42.3. The molecule has 0 aromatic rings. The van der Waals surface area contributed by atoms with E-state index in [-0.39, 0.29) is 19.6 Å². The van der Waals surface area contributed by atoms with E-state index in [2.05, 4.69) is 67.8 Å². The Labute approximate surface area is 394 Å². The molecule has 374 valence electrons. The van der Waals surface area contributed by atoms with Crippen molar-refractivity contribution >= 4 is 13.7 Å². The molecule has 0 aromatic heterocycles. The molecule has 6 N–H and O–H groups in total. The van der Waals surface area contributed by atoms with Gasteiger partial charge in [0, 0.05) is 6.54 Å². The molecule has 0 heterocycles. The van der Waals surface area contributed by atoms with Crippen LogP contribution in [0.4, 0.5) is 0 Å².